The van der Waals surface area contributed by atoms with Crippen molar-refractivity contribution in [2.24, 2.45) is 0 Å². The van der Waals surface area contributed by atoms with Gasteiger partial charge < -0.3 is 14.8 Å². The largest absolute Gasteiger partial charge is 0.489 e. The third kappa shape index (κ3) is 4.90. The van der Waals surface area contributed by atoms with E-state index < -0.39 is 5.97 Å². The summed E-state index contributed by atoms with van der Waals surface area (Å²) in [6.07, 6.45) is 1.31. The van der Waals surface area contributed by atoms with Gasteiger partial charge in [-0.15, -0.1) is 0 Å². The number of nitriles is 1. The molecule has 0 radical (unpaired) electrons. The quantitative estimate of drug-likeness (QED) is 0.504. The number of carbonyl (C=O) groups excluding carboxylic acids is 1. The molecule has 23 heavy (non-hydrogen) atoms. The van der Waals surface area contributed by atoms with Crippen molar-refractivity contribution in [3.8, 4) is 11.8 Å². The Morgan fingerprint density at radius 3 is 2.70 bits per heavy atom. The van der Waals surface area contributed by atoms with Gasteiger partial charge in [-0.3, -0.25) is 0 Å². The maximum Gasteiger partial charge on any atom is 0.350 e. The first-order chi connectivity index (χ1) is 11.2. The second-order valence-corrected chi connectivity index (χ2v) is 4.61. The number of methoxy groups -OCH3 is 1. The van der Waals surface area contributed by atoms with Gasteiger partial charge in [0.2, 0.25) is 0 Å². The Labute approximate surface area is 134 Å². The summed E-state index contributed by atoms with van der Waals surface area (Å²) in [4.78, 5) is 11.3. The molecule has 0 fully saturated rings. The number of nitrogens with one attached hydrogen (secondary N) is 1. The van der Waals surface area contributed by atoms with Crippen molar-refractivity contribution >= 4 is 11.7 Å². The number of hydrogen-bond donors (Lipinski definition) is 1. The van der Waals surface area contributed by atoms with Crippen LogP contribution in [-0.4, -0.2) is 13.1 Å². The molecule has 2 aromatic rings. The Balaban J connectivity index is 2.01. The van der Waals surface area contributed by atoms with Crippen molar-refractivity contribution in [3.05, 3.63) is 71.9 Å². The Bertz CT molecular complexity index is 733. The molecule has 0 saturated heterocycles. The summed E-state index contributed by atoms with van der Waals surface area (Å²) in [5.74, 6) is 0.000288. The molecule has 0 aliphatic heterocycles. The molecule has 5 heteroatoms. The number of nitrogens with zero attached hydrogens (tertiary/aromatic N) is 1. The van der Waals surface area contributed by atoms with E-state index in [0.29, 0.717) is 18.0 Å². The smallest absolute Gasteiger partial charge is 0.350 e. The van der Waals surface area contributed by atoms with Gasteiger partial charge >= 0.3 is 5.97 Å². The van der Waals surface area contributed by atoms with Crippen molar-refractivity contribution < 1.29 is 14.3 Å². The highest BCUT2D eigenvalue weighted by Crippen LogP contribution is 2.19. The van der Waals surface area contributed by atoms with Crippen LogP contribution in [0.1, 0.15) is 5.56 Å². The van der Waals surface area contributed by atoms with E-state index in [1.165, 1.54) is 13.3 Å². The first-order valence-corrected chi connectivity index (χ1v) is 6.95. The van der Waals surface area contributed by atoms with Crippen LogP contribution in [0.25, 0.3) is 0 Å². The Kier molecular flexibility index (Phi) is 5.78. The van der Waals surface area contributed by atoms with E-state index in [-0.39, 0.29) is 5.57 Å². The zero-order valence-electron chi connectivity index (χ0n) is 12.7. The molecule has 0 aromatic heterocycles. The van der Waals surface area contributed by atoms with Crippen LogP contribution in [0.5, 0.6) is 5.75 Å². The lowest BCUT2D eigenvalue weighted by Crippen LogP contribution is -2.05. The monoisotopic (exact) mass is 308 g/mol. The van der Waals surface area contributed by atoms with E-state index in [1.807, 2.05) is 42.5 Å². The standard InChI is InChI=1S/C18H16N2O3/c1-22-18(21)15(11-19)12-20-16-8-5-9-17(10-16)23-13-14-6-3-2-4-7-14/h2-10,12,20H,13H2,1H3/b15-12-. The Morgan fingerprint density at radius 1 is 1.22 bits per heavy atom. The van der Waals surface area contributed by atoms with Crippen molar-refractivity contribution in [3.63, 3.8) is 0 Å². The van der Waals surface area contributed by atoms with E-state index in [2.05, 4.69) is 10.1 Å². The molecule has 0 spiro atoms. The van der Waals surface area contributed by atoms with Crippen molar-refractivity contribution in [1.82, 2.24) is 0 Å². The van der Waals surface area contributed by atoms with Gasteiger partial charge in [0.05, 0.1) is 7.11 Å². The molecular formula is C18H16N2O3. The minimum atomic E-state index is -0.684. The van der Waals surface area contributed by atoms with Crippen LogP contribution < -0.4 is 10.1 Å². The number of benzene rings is 2. The van der Waals surface area contributed by atoms with Gasteiger partial charge in [0.15, 0.2) is 5.57 Å². The zero-order valence-corrected chi connectivity index (χ0v) is 12.7. The van der Waals surface area contributed by atoms with E-state index in [4.69, 9.17) is 10.00 Å². The Hall–Kier alpha value is -3.26. The van der Waals surface area contributed by atoms with Crippen LogP contribution in [0, 0.1) is 11.3 Å². The fourth-order valence-corrected chi connectivity index (χ4v) is 1.82. The highest BCUT2D eigenvalue weighted by molar-refractivity contribution is 5.93. The van der Waals surface area contributed by atoms with Crippen LogP contribution in [0.3, 0.4) is 0 Å². The molecular weight excluding hydrogens is 292 g/mol. The molecule has 0 amide bonds. The van der Waals surface area contributed by atoms with Gasteiger partial charge in [0.1, 0.15) is 18.4 Å². The van der Waals surface area contributed by atoms with Gasteiger partial charge in [-0.2, -0.15) is 5.26 Å². The number of rotatable bonds is 6. The maximum atomic E-state index is 11.3. The van der Waals surface area contributed by atoms with Crippen LogP contribution in [-0.2, 0) is 16.1 Å². The van der Waals surface area contributed by atoms with E-state index in [0.717, 1.165) is 5.56 Å². The predicted molar refractivity (Wildman–Crippen MR) is 86.6 cm³/mol. The molecule has 5 nitrogen and oxygen atoms in total. The normalized spacial score (nSPS) is 10.5. The summed E-state index contributed by atoms with van der Waals surface area (Å²) in [7, 11) is 1.23. The molecule has 0 heterocycles. The molecule has 0 unspecified atom stereocenters. The molecule has 1 N–H and O–H groups in total. The van der Waals surface area contributed by atoms with Gasteiger partial charge in [0.25, 0.3) is 0 Å². The molecule has 0 bridgehead atoms. The maximum absolute atomic E-state index is 11.3. The number of anilines is 1. The third-order valence-corrected chi connectivity index (χ3v) is 2.99. The van der Waals surface area contributed by atoms with Gasteiger partial charge in [-0.05, 0) is 17.7 Å². The topological polar surface area (TPSA) is 71.4 Å². The zero-order chi connectivity index (χ0) is 16.5. The lowest BCUT2D eigenvalue weighted by atomic mass is 10.2. The summed E-state index contributed by atoms with van der Waals surface area (Å²) in [6, 6.07) is 18.9. The van der Waals surface area contributed by atoms with E-state index in [9.17, 15) is 4.79 Å². The summed E-state index contributed by atoms with van der Waals surface area (Å²) in [5, 5.41) is 11.8. The summed E-state index contributed by atoms with van der Waals surface area (Å²) >= 11 is 0. The first kappa shape index (κ1) is 16.1. The van der Waals surface area contributed by atoms with Gasteiger partial charge in [0, 0.05) is 18.0 Å². The molecule has 2 rings (SSSR count). The van der Waals surface area contributed by atoms with Gasteiger partial charge in [-0.1, -0.05) is 36.4 Å². The van der Waals surface area contributed by atoms with E-state index >= 15 is 0 Å². The molecule has 0 aliphatic rings. The van der Waals surface area contributed by atoms with Crippen molar-refractivity contribution in [1.29, 1.82) is 5.26 Å². The lowest BCUT2D eigenvalue weighted by Gasteiger charge is -2.08. The number of esters is 1. The number of carbonyl (C=O) groups is 1. The number of ether oxygens (including phenoxy) is 2. The number of hydrogen-bond acceptors (Lipinski definition) is 5. The van der Waals surface area contributed by atoms with Crippen LogP contribution in [0.4, 0.5) is 5.69 Å². The molecule has 116 valence electrons. The molecule has 0 saturated carbocycles. The highest BCUT2D eigenvalue weighted by atomic mass is 16.5. The molecule has 0 atom stereocenters. The fraction of sp³-hybridized carbons (Fsp3) is 0.111. The average Bonchev–Trinajstić information content (AvgIpc) is 2.61. The van der Waals surface area contributed by atoms with E-state index in [1.54, 1.807) is 18.2 Å². The summed E-state index contributed by atoms with van der Waals surface area (Å²) < 4.78 is 10.2. The third-order valence-electron chi connectivity index (χ3n) is 2.99. The minimum absolute atomic E-state index is 0.108. The fourth-order valence-electron chi connectivity index (χ4n) is 1.82. The van der Waals surface area contributed by atoms with Crippen LogP contribution >= 0.6 is 0 Å². The van der Waals surface area contributed by atoms with Crippen LogP contribution in [0.2, 0.25) is 0 Å². The predicted octanol–water partition coefficient (Wildman–Crippen LogP) is 3.26. The highest BCUT2D eigenvalue weighted by Gasteiger charge is 2.07. The Morgan fingerprint density at radius 2 is 2.00 bits per heavy atom. The average molecular weight is 308 g/mol. The lowest BCUT2D eigenvalue weighted by molar-refractivity contribution is -0.135. The van der Waals surface area contributed by atoms with Gasteiger partial charge in [-0.25, -0.2) is 4.79 Å². The first-order valence-electron chi connectivity index (χ1n) is 6.95. The molecule has 2 aromatic carbocycles. The summed E-state index contributed by atoms with van der Waals surface area (Å²) in [5.41, 5.74) is 1.67. The minimum Gasteiger partial charge on any atom is -0.489 e. The van der Waals surface area contributed by atoms with Crippen molar-refractivity contribution in [2.45, 2.75) is 6.61 Å². The van der Waals surface area contributed by atoms with Crippen molar-refractivity contribution in [2.75, 3.05) is 12.4 Å². The van der Waals surface area contributed by atoms with Crippen LogP contribution in [0.15, 0.2) is 66.4 Å². The molecule has 0 aliphatic carbocycles. The second-order valence-electron chi connectivity index (χ2n) is 4.61. The second kappa shape index (κ2) is 8.25. The summed E-state index contributed by atoms with van der Waals surface area (Å²) in [6.45, 7) is 0.464. The SMILES string of the molecule is COC(=O)/C(C#N)=C\Nc1cccc(OCc2ccccc2)c1.